The van der Waals surface area contributed by atoms with Crippen molar-refractivity contribution >= 4 is 0 Å². The molecule has 0 unspecified atom stereocenters. The van der Waals surface area contributed by atoms with Gasteiger partial charge in [-0.25, -0.2) is 8.78 Å². The van der Waals surface area contributed by atoms with Crippen molar-refractivity contribution in [2.75, 3.05) is 39.8 Å². The normalized spacial score (nSPS) is 22.9. The second kappa shape index (κ2) is 6.67. The molecule has 0 radical (unpaired) electrons. The van der Waals surface area contributed by atoms with Gasteiger partial charge in [0.05, 0.1) is 11.2 Å². The summed E-state index contributed by atoms with van der Waals surface area (Å²) in [6.45, 7) is 4.25. The molecule has 0 spiro atoms. The van der Waals surface area contributed by atoms with Gasteiger partial charge < -0.3 is 10.0 Å². The first kappa shape index (κ1) is 16.6. The standard InChI is InChI=1S/C18H24F2N2O/c1-21-9-5-14(6-10-21)13-22-11-7-18(23,8-12-22)17-15(19)3-2-4-16(17)20/h2-5,23H,6-13H2,1H3. The van der Waals surface area contributed by atoms with Gasteiger partial charge >= 0.3 is 0 Å². The van der Waals surface area contributed by atoms with E-state index in [0.717, 1.165) is 26.1 Å². The molecule has 2 heterocycles. The molecule has 1 aromatic carbocycles. The topological polar surface area (TPSA) is 26.7 Å². The predicted molar refractivity (Wildman–Crippen MR) is 86.1 cm³/mol. The Morgan fingerprint density at radius 2 is 1.78 bits per heavy atom. The summed E-state index contributed by atoms with van der Waals surface area (Å²) >= 11 is 0. The predicted octanol–water partition coefficient (Wildman–Crippen LogP) is 2.51. The third kappa shape index (κ3) is 3.62. The Morgan fingerprint density at radius 3 is 2.35 bits per heavy atom. The molecule has 0 aliphatic carbocycles. The van der Waals surface area contributed by atoms with Gasteiger partial charge in [0.15, 0.2) is 0 Å². The summed E-state index contributed by atoms with van der Waals surface area (Å²) in [5.74, 6) is -1.31. The zero-order chi connectivity index (χ0) is 16.4. The molecule has 1 aromatic rings. The smallest absolute Gasteiger partial charge is 0.132 e. The van der Waals surface area contributed by atoms with Gasteiger partial charge in [0.2, 0.25) is 0 Å². The maximum Gasteiger partial charge on any atom is 0.132 e. The van der Waals surface area contributed by atoms with E-state index in [1.165, 1.54) is 23.8 Å². The quantitative estimate of drug-likeness (QED) is 0.866. The van der Waals surface area contributed by atoms with Crippen LogP contribution in [0.25, 0.3) is 0 Å². The molecule has 3 nitrogen and oxygen atoms in total. The molecule has 1 saturated heterocycles. The molecule has 0 amide bonds. The molecule has 1 N–H and O–H groups in total. The van der Waals surface area contributed by atoms with E-state index in [1.807, 2.05) is 0 Å². The minimum Gasteiger partial charge on any atom is -0.385 e. The Bertz CT molecular complexity index is 574. The average molecular weight is 322 g/mol. The summed E-state index contributed by atoms with van der Waals surface area (Å²) in [5.41, 5.74) is -0.142. The first-order chi connectivity index (χ1) is 11.0. The van der Waals surface area contributed by atoms with Crippen LogP contribution in [0.2, 0.25) is 0 Å². The molecule has 0 bridgehead atoms. The summed E-state index contributed by atoms with van der Waals surface area (Å²) < 4.78 is 27.9. The second-order valence-electron chi connectivity index (χ2n) is 6.78. The fourth-order valence-corrected chi connectivity index (χ4v) is 3.52. The van der Waals surface area contributed by atoms with Crippen molar-refractivity contribution in [3.8, 4) is 0 Å². The lowest BCUT2D eigenvalue weighted by Gasteiger charge is -2.39. The van der Waals surface area contributed by atoms with Crippen molar-refractivity contribution in [1.82, 2.24) is 9.80 Å². The molecule has 2 aliphatic rings. The van der Waals surface area contributed by atoms with Crippen LogP contribution in [0.15, 0.2) is 29.8 Å². The number of likely N-dealkylation sites (N-methyl/N-ethyl adjacent to an activating group) is 1. The van der Waals surface area contributed by atoms with Crippen LogP contribution >= 0.6 is 0 Å². The number of likely N-dealkylation sites (tertiary alicyclic amines) is 1. The number of hydrogen-bond donors (Lipinski definition) is 1. The molecular weight excluding hydrogens is 298 g/mol. The van der Waals surface area contributed by atoms with Gasteiger partial charge in [-0.05, 0) is 38.4 Å². The molecule has 23 heavy (non-hydrogen) atoms. The van der Waals surface area contributed by atoms with Crippen molar-refractivity contribution in [2.24, 2.45) is 0 Å². The van der Waals surface area contributed by atoms with Crippen LogP contribution < -0.4 is 0 Å². The lowest BCUT2D eigenvalue weighted by atomic mass is 9.83. The van der Waals surface area contributed by atoms with E-state index in [2.05, 4.69) is 22.9 Å². The van der Waals surface area contributed by atoms with Crippen LogP contribution in [0.5, 0.6) is 0 Å². The number of halogens is 2. The molecule has 3 rings (SSSR count). The van der Waals surface area contributed by atoms with E-state index < -0.39 is 17.2 Å². The van der Waals surface area contributed by atoms with Gasteiger partial charge in [0, 0.05) is 32.7 Å². The zero-order valence-electron chi connectivity index (χ0n) is 13.6. The molecule has 1 fully saturated rings. The molecule has 0 aromatic heterocycles. The third-order valence-electron chi connectivity index (χ3n) is 5.04. The fourth-order valence-electron chi connectivity index (χ4n) is 3.52. The number of rotatable bonds is 3. The first-order valence-electron chi connectivity index (χ1n) is 8.24. The van der Waals surface area contributed by atoms with Crippen LogP contribution in [-0.4, -0.2) is 54.7 Å². The Hall–Kier alpha value is -1.30. The van der Waals surface area contributed by atoms with Crippen LogP contribution in [0.4, 0.5) is 8.78 Å². The first-order valence-corrected chi connectivity index (χ1v) is 8.24. The highest BCUT2D eigenvalue weighted by Crippen LogP contribution is 2.36. The van der Waals surface area contributed by atoms with E-state index in [-0.39, 0.29) is 5.56 Å². The van der Waals surface area contributed by atoms with Crippen molar-refractivity contribution < 1.29 is 13.9 Å². The van der Waals surface area contributed by atoms with E-state index in [1.54, 1.807) is 0 Å². The number of nitrogens with zero attached hydrogens (tertiary/aromatic N) is 2. The van der Waals surface area contributed by atoms with Crippen LogP contribution in [0, 0.1) is 11.6 Å². The Balaban J connectivity index is 1.64. The summed E-state index contributed by atoms with van der Waals surface area (Å²) in [6, 6.07) is 3.76. The van der Waals surface area contributed by atoms with Gasteiger partial charge in [-0.2, -0.15) is 0 Å². The van der Waals surface area contributed by atoms with Crippen molar-refractivity contribution in [2.45, 2.75) is 24.9 Å². The van der Waals surface area contributed by atoms with Gasteiger partial charge in [-0.15, -0.1) is 0 Å². The number of piperidine rings is 1. The molecule has 0 saturated carbocycles. The van der Waals surface area contributed by atoms with Crippen LogP contribution in [-0.2, 0) is 5.60 Å². The summed E-state index contributed by atoms with van der Waals surface area (Å²) in [5, 5.41) is 10.7. The van der Waals surface area contributed by atoms with Crippen molar-refractivity contribution in [3.63, 3.8) is 0 Å². The maximum absolute atomic E-state index is 14.0. The molecule has 2 aliphatic heterocycles. The molecular formula is C18H24F2N2O. The SMILES string of the molecule is CN1CC=C(CN2CCC(O)(c3c(F)cccc3F)CC2)CC1. The van der Waals surface area contributed by atoms with Gasteiger partial charge in [-0.1, -0.05) is 17.7 Å². The Kier molecular flexibility index (Phi) is 4.80. The molecule has 5 heteroatoms. The summed E-state index contributed by atoms with van der Waals surface area (Å²) in [6.07, 6.45) is 4.05. The fraction of sp³-hybridized carbons (Fsp3) is 0.556. The minimum absolute atomic E-state index is 0.168. The Labute approximate surface area is 136 Å². The monoisotopic (exact) mass is 322 g/mol. The second-order valence-corrected chi connectivity index (χ2v) is 6.78. The van der Waals surface area contributed by atoms with E-state index >= 15 is 0 Å². The number of benzene rings is 1. The maximum atomic E-state index is 14.0. The largest absolute Gasteiger partial charge is 0.385 e. The van der Waals surface area contributed by atoms with Crippen molar-refractivity contribution in [1.29, 1.82) is 0 Å². The molecule has 0 atom stereocenters. The number of aliphatic hydroxyl groups is 1. The highest BCUT2D eigenvalue weighted by molar-refractivity contribution is 5.27. The lowest BCUT2D eigenvalue weighted by molar-refractivity contribution is -0.0295. The third-order valence-corrected chi connectivity index (χ3v) is 5.04. The van der Waals surface area contributed by atoms with E-state index in [0.29, 0.717) is 25.9 Å². The molecule has 126 valence electrons. The van der Waals surface area contributed by atoms with Crippen molar-refractivity contribution in [3.05, 3.63) is 47.0 Å². The minimum atomic E-state index is -1.40. The van der Waals surface area contributed by atoms with Gasteiger partial charge in [0.1, 0.15) is 11.6 Å². The zero-order valence-corrected chi connectivity index (χ0v) is 13.6. The van der Waals surface area contributed by atoms with Gasteiger partial charge in [0.25, 0.3) is 0 Å². The number of hydrogen-bond acceptors (Lipinski definition) is 3. The highest BCUT2D eigenvalue weighted by Gasteiger charge is 2.38. The van der Waals surface area contributed by atoms with Gasteiger partial charge in [-0.3, -0.25) is 4.90 Å². The van der Waals surface area contributed by atoms with Crippen LogP contribution in [0.1, 0.15) is 24.8 Å². The van der Waals surface area contributed by atoms with E-state index in [9.17, 15) is 13.9 Å². The van der Waals surface area contributed by atoms with Crippen LogP contribution in [0.3, 0.4) is 0 Å². The highest BCUT2D eigenvalue weighted by atomic mass is 19.1. The summed E-state index contributed by atoms with van der Waals surface area (Å²) in [7, 11) is 2.11. The average Bonchev–Trinajstić information content (AvgIpc) is 2.52. The van der Waals surface area contributed by atoms with E-state index in [4.69, 9.17) is 0 Å². The Morgan fingerprint density at radius 1 is 1.13 bits per heavy atom. The summed E-state index contributed by atoms with van der Waals surface area (Å²) in [4.78, 5) is 4.55. The lowest BCUT2D eigenvalue weighted by Crippen LogP contribution is -2.44.